The van der Waals surface area contributed by atoms with Gasteiger partial charge in [-0.1, -0.05) is 6.07 Å². The van der Waals surface area contributed by atoms with Gasteiger partial charge in [0.25, 0.3) is 0 Å². The maximum Gasteiger partial charge on any atom is 0.142 e. The summed E-state index contributed by atoms with van der Waals surface area (Å²) in [6.07, 6.45) is 0. The van der Waals surface area contributed by atoms with Crippen LogP contribution in [0, 0.1) is 6.92 Å². The van der Waals surface area contributed by atoms with E-state index in [0.717, 1.165) is 11.4 Å². The first-order chi connectivity index (χ1) is 7.63. The van der Waals surface area contributed by atoms with Crippen LogP contribution in [-0.4, -0.2) is 26.4 Å². The summed E-state index contributed by atoms with van der Waals surface area (Å²) in [5.74, 6) is 0.894. The topological polar surface area (TPSA) is 30.5 Å². The molecule has 1 rings (SSSR count). The molecule has 90 valence electrons. The van der Waals surface area contributed by atoms with Gasteiger partial charge in [-0.3, -0.25) is 0 Å². The molecule has 0 amide bonds. The van der Waals surface area contributed by atoms with Crippen LogP contribution in [0.3, 0.4) is 0 Å². The summed E-state index contributed by atoms with van der Waals surface area (Å²) in [5.41, 5.74) is 2.23. The third kappa shape index (κ3) is 4.11. The Bertz CT molecular complexity index is 324. The molecule has 0 saturated carbocycles. The van der Waals surface area contributed by atoms with Crippen molar-refractivity contribution in [3.63, 3.8) is 0 Å². The lowest BCUT2D eigenvalue weighted by Gasteiger charge is -2.16. The largest absolute Gasteiger partial charge is 0.489 e. The Labute approximate surface area is 97.8 Å². The van der Waals surface area contributed by atoms with Crippen molar-refractivity contribution in [1.29, 1.82) is 0 Å². The van der Waals surface area contributed by atoms with Gasteiger partial charge in [0.15, 0.2) is 0 Å². The van der Waals surface area contributed by atoms with E-state index in [4.69, 9.17) is 9.47 Å². The third-order valence-corrected chi connectivity index (χ3v) is 2.13. The van der Waals surface area contributed by atoms with Gasteiger partial charge in [0.2, 0.25) is 0 Å². The van der Waals surface area contributed by atoms with Gasteiger partial charge in [-0.15, -0.1) is 0 Å². The van der Waals surface area contributed by atoms with Crippen LogP contribution in [-0.2, 0) is 4.74 Å². The lowest BCUT2D eigenvalue weighted by atomic mass is 10.2. The normalized spacial score (nSPS) is 10.6. The van der Waals surface area contributed by atoms with Gasteiger partial charge in [0.05, 0.1) is 12.3 Å². The van der Waals surface area contributed by atoms with E-state index in [0.29, 0.717) is 19.3 Å². The summed E-state index contributed by atoms with van der Waals surface area (Å²) in [7, 11) is 1.67. The van der Waals surface area contributed by atoms with E-state index in [1.165, 1.54) is 5.56 Å². The van der Waals surface area contributed by atoms with Gasteiger partial charge in [-0.05, 0) is 38.5 Å². The van der Waals surface area contributed by atoms with E-state index in [2.05, 4.69) is 38.2 Å². The van der Waals surface area contributed by atoms with Gasteiger partial charge in [-0.25, -0.2) is 0 Å². The minimum Gasteiger partial charge on any atom is -0.489 e. The zero-order valence-electron chi connectivity index (χ0n) is 10.5. The van der Waals surface area contributed by atoms with Crippen molar-refractivity contribution in [3.8, 4) is 5.75 Å². The minimum absolute atomic E-state index is 0.396. The number of rotatable bonds is 6. The quantitative estimate of drug-likeness (QED) is 0.752. The molecule has 0 heterocycles. The van der Waals surface area contributed by atoms with E-state index in [-0.39, 0.29) is 0 Å². The average molecular weight is 223 g/mol. The van der Waals surface area contributed by atoms with Crippen molar-refractivity contribution in [1.82, 2.24) is 0 Å². The first-order valence-electron chi connectivity index (χ1n) is 5.62. The highest BCUT2D eigenvalue weighted by atomic mass is 16.5. The van der Waals surface area contributed by atoms with Crippen molar-refractivity contribution in [2.45, 2.75) is 26.8 Å². The smallest absolute Gasteiger partial charge is 0.142 e. The predicted molar refractivity (Wildman–Crippen MR) is 67.3 cm³/mol. The lowest BCUT2D eigenvalue weighted by Crippen LogP contribution is -2.12. The maximum absolute atomic E-state index is 5.67. The molecule has 0 fully saturated rings. The van der Waals surface area contributed by atoms with Crippen molar-refractivity contribution >= 4 is 5.69 Å². The van der Waals surface area contributed by atoms with E-state index in [1.807, 2.05) is 6.07 Å². The molecule has 0 saturated heterocycles. The average Bonchev–Trinajstić information content (AvgIpc) is 2.22. The number of aryl methyl sites for hydroxylation is 1. The fourth-order valence-corrected chi connectivity index (χ4v) is 1.41. The van der Waals surface area contributed by atoms with Crippen LogP contribution in [0.2, 0.25) is 0 Å². The molecule has 0 aliphatic heterocycles. The number of benzene rings is 1. The third-order valence-electron chi connectivity index (χ3n) is 2.13. The maximum atomic E-state index is 5.67. The summed E-state index contributed by atoms with van der Waals surface area (Å²) in [6.45, 7) is 7.46. The zero-order chi connectivity index (χ0) is 12.0. The van der Waals surface area contributed by atoms with E-state index >= 15 is 0 Å². The van der Waals surface area contributed by atoms with E-state index in [1.54, 1.807) is 7.11 Å². The van der Waals surface area contributed by atoms with Crippen LogP contribution in [0.5, 0.6) is 5.75 Å². The molecule has 0 unspecified atom stereocenters. The molecule has 0 aliphatic rings. The molecule has 0 radical (unpaired) electrons. The highest BCUT2D eigenvalue weighted by molar-refractivity contribution is 5.58. The van der Waals surface area contributed by atoms with Crippen molar-refractivity contribution in [2.24, 2.45) is 0 Å². The summed E-state index contributed by atoms with van der Waals surface area (Å²) < 4.78 is 10.6. The van der Waals surface area contributed by atoms with Gasteiger partial charge in [-0.2, -0.15) is 0 Å². The van der Waals surface area contributed by atoms with Crippen LogP contribution in [0.1, 0.15) is 19.4 Å². The molecule has 1 aromatic carbocycles. The van der Waals surface area contributed by atoms with Crippen molar-refractivity contribution < 1.29 is 9.47 Å². The SMILES string of the molecule is COCCOc1cc(C)ccc1NC(C)C. The van der Waals surface area contributed by atoms with Gasteiger partial charge >= 0.3 is 0 Å². The number of ether oxygens (including phenoxy) is 2. The lowest BCUT2D eigenvalue weighted by molar-refractivity contribution is 0.146. The second kappa shape index (κ2) is 6.38. The number of hydrogen-bond donors (Lipinski definition) is 1. The van der Waals surface area contributed by atoms with Gasteiger partial charge in [0, 0.05) is 13.2 Å². The van der Waals surface area contributed by atoms with Crippen LogP contribution >= 0.6 is 0 Å². The second-order valence-electron chi connectivity index (χ2n) is 4.14. The molecule has 0 atom stereocenters. The Balaban J connectivity index is 2.73. The molecule has 0 aliphatic carbocycles. The molecular formula is C13H21NO2. The standard InChI is InChI=1S/C13H21NO2/c1-10(2)14-12-6-5-11(3)9-13(12)16-8-7-15-4/h5-6,9-10,14H,7-8H2,1-4H3. The molecule has 0 aromatic heterocycles. The molecule has 0 spiro atoms. The molecule has 3 heteroatoms. The van der Waals surface area contributed by atoms with Crippen LogP contribution in [0.15, 0.2) is 18.2 Å². The highest BCUT2D eigenvalue weighted by Gasteiger charge is 2.05. The first kappa shape index (κ1) is 12.8. The summed E-state index contributed by atoms with van der Waals surface area (Å²) in [5, 5.41) is 3.36. The fourth-order valence-electron chi connectivity index (χ4n) is 1.41. The highest BCUT2D eigenvalue weighted by Crippen LogP contribution is 2.26. The molecule has 0 bridgehead atoms. The summed E-state index contributed by atoms with van der Waals surface area (Å²) in [6, 6.07) is 6.57. The Morgan fingerprint density at radius 2 is 2.00 bits per heavy atom. The summed E-state index contributed by atoms with van der Waals surface area (Å²) >= 11 is 0. The first-order valence-corrected chi connectivity index (χ1v) is 5.62. The molecule has 16 heavy (non-hydrogen) atoms. The Kier molecular flexibility index (Phi) is 5.12. The summed E-state index contributed by atoms with van der Waals surface area (Å²) in [4.78, 5) is 0. The monoisotopic (exact) mass is 223 g/mol. The van der Waals surface area contributed by atoms with Gasteiger partial charge in [0.1, 0.15) is 12.4 Å². The molecule has 3 nitrogen and oxygen atoms in total. The van der Waals surface area contributed by atoms with Crippen molar-refractivity contribution in [3.05, 3.63) is 23.8 Å². The minimum atomic E-state index is 0.396. The molecule has 1 aromatic rings. The number of nitrogens with one attached hydrogen (secondary N) is 1. The van der Waals surface area contributed by atoms with Crippen molar-refractivity contribution in [2.75, 3.05) is 25.6 Å². The van der Waals surface area contributed by atoms with Gasteiger partial charge < -0.3 is 14.8 Å². The zero-order valence-corrected chi connectivity index (χ0v) is 10.5. The van der Waals surface area contributed by atoms with Crippen LogP contribution in [0.4, 0.5) is 5.69 Å². The Hall–Kier alpha value is -1.22. The number of hydrogen-bond acceptors (Lipinski definition) is 3. The fraction of sp³-hybridized carbons (Fsp3) is 0.538. The van der Waals surface area contributed by atoms with E-state index < -0.39 is 0 Å². The second-order valence-corrected chi connectivity index (χ2v) is 4.14. The Morgan fingerprint density at radius 1 is 1.25 bits per heavy atom. The predicted octanol–water partition coefficient (Wildman–Crippen LogP) is 2.84. The van der Waals surface area contributed by atoms with Crippen LogP contribution in [0.25, 0.3) is 0 Å². The van der Waals surface area contributed by atoms with E-state index in [9.17, 15) is 0 Å². The number of methoxy groups -OCH3 is 1. The molecular weight excluding hydrogens is 202 g/mol. The van der Waals surface area contributed by atoms with Crippen LogP contribution < -0.4 is 10.1 Å². The Morgan fingerprint density at radius 3 is 2.62 bits per heavy atom. The number of anilines is 1. The molecule has 1 N–H and O–H groups in total.